The van der Waals surface area contributed by atoms with Gasteiger partial charge in [0, 0.05) is 260 Å². The molecule has 8 saturated heterocycles. The Labute approximate surface area is 814 Å². The third-order valence-corrected chi connectivity index (χ3v) is 23.0. The fourth-order valence-corrected chi connectivity index (χ4v) is 15.4. The van der Waals surface area contributed by atoms with Crippen LogP contribution in [0.15, 0.2) is 0 Å². The zero-order valence-corrected chi connectivity index (χ0v) is 94.1. The Kier molecular flexibility index (Phi) is 67.3. The van der Waals surface area contributed by atoms with Crippen molar-refractivity contribution in [3.63, 3.8) is 0 Å². The predicted molar refractivity (Wildman–Crippen MR) is 555 cm³/mol. The van der Waals surface area contributed by atoms with Crippen molar-refractivity contribution in [1.82, 2.24) is 74.3 Å². The van der Waals surface area contributed by atoms with E-state index in [9.17, 15) is 19.2 Å². The summed E-state index contributed by atoms with van der Waals surface area (Å²) in [5.74, 6) is 1.59. The van der Waals surface area contributed by atoms with E-state index in [-0.39, 0.29) is 72.0 Å². The monoisotopic (exact) mass is 1890 g/mol. The minimum atomic E-state index is -0.225. The van der Waals surface area contributed by atoms with Gasteiger partial charge in [0.15, 0.2) is 0 Å². The Bertz CT molecular complexity index is 2830. The SMILES string of the molecule is CC(C)(C)C(=O)N1CCNCC1.CC(C)(C)CCCO.CC(C)(C)CCOCCO.CC(C)(C)CN1CCNCC1.CC(C)(C)N1CCOC[C@@H]1CO.CC(C)(C)N1CCOC[C@H]1CO.CC(C)CN1CCN(CC(=O)N(C)C)[C@H](C)C1.CC1(C)COC1.CN(C)C(=O)CN1CCN(CC(C)(C)C)CC1.COCCC(C)(C)C.C[C@@H]1CN(CC(C)(C)C)[C@@H](C)CN1CC(=O)N(C)C. The van der Waals surface area contributed by atoms with Crippen LogP contribution in [-0.4, -0.2) is 454 Å². The van der Waals surface area contributed by atoms with Crippen LogP contribution in [0.3, 0.4) is 0 Å². The summed E-state index contributed by atoms with van der Waals surface area (Å²) in [6.07, 6.45) is 4.24. The molecular weight excluding hydrogens is 1670 g/mol. The summed E-state index contributed by atoms with van der Waals surface area (Å²) in [4.78, 5) is 75.4. The number of hydrogen-bond donors (Lipinski definition) is 6. The molecule has 0 radical (unpaired) electrons. The van der Waals surface area contributed by atoms with E-state index in [4.69, 9.17) is 44.1 Å². The van der Waals surface area contributed by atoms with Gasteiger partial charge in [0.1, 0.15) is 0 Å². The van der Waals surface area contributed by atoms with Crippen molar-refractivity contribution in [1.29, 1.82) is 0 Å². The van der Waals surface area contributed by atoms with Gasteiger partial charge in [-0.25, -0.2) is 0 Å². The molecule has 28 heteroatoms. The van der Waals surface area contributed by atoms with Crippen LogP contribution in [0.1, 0.15) is 261 Å². The lowest BCUT2D eigenvalue weighted by atomic mass is 9.91. The zero-order valence-electron chi connectivity index (χ0n) is 94.1. The van der Waals surface area contributed by atoms with Gasteiger partial charge in [0.2, 0.25) is 23.6 Å². The van der Waals surface area contributed by atoms with E-state index in [0.29, 0.717) is 102 Å². The van der Waals surface area contributed by atoms with Crippen LogP contribution in [0, 0.1) is 49.2 Å². The average molecular weight is 1890 g/mol. The third kappa shape index (κ3) is 71.5. The highest BCUT2D eigenvalue weighted by Gasteiger charge is 2.36. The Morgan fingerprint density at radius 1 is 0.417 bits per heavy atom. The second kappa shape index (κ2) is 66.7. The first-order valence-corrected chi connectivity index (χ1v) is 50.6. The maximum atomic E-state index is 11.8. The Balaban J connectivity index is -0.00000140. The number of carbonyl (C=O) groups is 4. The normalized spacial score (nSPS) is 21.6. The summed E-state index contributed by atoms with van der Waals surface area (Å²) < 4.78 is 25.6. The summed E-state index contributed by atoms with van der Waals surface area (Å²) in [6.45, 7) is 108. The molecule has 8 fully saturated rings. The van der Waals surface area contributed by atoms with E-state index in [1.54, 1.807) is 21.8 Å². The quantitative estimate of drug-likeness (QED) is 0.0584. The number of likely N-dealkylation sites (N-methyl/N-ethyl adjacent to an activating group) is 3. The number of aliphatic hydroxyl groups is 4. The number of amides is 4. The van der Waals surface area contributed by atoms with Gasteiger partial charge in [-0.2, -0.15) is 0 Å². The third-order valence-electron chi connectivity index (χ3n) is 23.0. The Morgan fingerprint density at radius 3 is 1.10 bits per heavy atom. The number of rotatable bonds is 21. The topological polar surface area (TPSA) is 262 Å². The van der Waals surface area contributed by atoms with Gasteiger partial charge < -0.3 is 89.0 Å². The van der Waals surface area contributed by atoms with E-state index in [2.05, 4.69) is 269 Å². The first-order valence-electron chi connectivity index (χ1n) is 50.6. The molecule has 790 valence electrons. The molecule has 0 bridgehead atoms. The number of nitrogens with one attached hydrogen (secondary N) is 2. The van der Waals surface area contributed by atoms with Crippen LogP contribution in [0.5, 0.6) is 0 Å². The van der Waals surface area contributed by atoms with E-state index in [1.165, 1.54) is 26.2 Å². The second-order valence-corrected chi connectivity index (χ2v) is 50.0. The molecule has 5 atom stereocenters. The number of piperazine rings is 5. The van der Waals surface area contributed by atoms with Crippen molar-refractivity contribution >= 4 is 23.6 Å². The number of morpholine rings is 2. The Hall–Kier alpha value is -2.92. The predicted octanol–water partition coefficient (Wildman–Crippen LogP) is 11.7. The molecule has 8 aliphatic heterocycles. The molecule has 0 spiro atoms. The fourth-order valence-electron chi connectivity index (χ4n) is 15.4. The van der Waals surface area contributed by atoms with Crippen LogP contribution in [0.25, 0.3) is 0 Å². The molecule has 0 aromatic carbocycles. The minimum Gasteiger partial charge on any atom is -0.396 e. The standard InChI is InChI=1S/C15H31N3O.2C13H27N3O.C9H18N2O.C9H20N2.2C9H19NO2.C8H18O2.2C7H16O.C5H10O/c1-12-9-18(11-15(3,4)5)13(2)8-17(12)10-14(19)16(6)7;1-13(2,3)11-16-8-6-15(7-9-16)10-12(17)14(4)5;1-11(2)8-15-6-7-16(12(3)9-15)10-13(17)14(4)5;1-9(2,3)8(12)11-6-4-10-5-7-11;1-9(2,3)8-11-6-4-10-5-7-11;2*1-9(2,3)10-4-5-12-7-8(10)6-11;1-8(2,3)4-6-10-7-5-9;1-7(2,3)5-6-8-4;1-7(2,3)5-4-6-8;1-5(2)3-6-4-5/h12-13H,8-11H2,1-7H3;6-11H2,1-5H3;11-12H,6-10H2,1-5H3;10H,4-7H2,1-3H3;10H,4-8H2,1-3H3;2*8,11H,4-7H2,1-3H3;9H,4-7H2,1-3H3;5-6H2,1-4H3;8H,4-6H2,1-3H3;3-4H2,1-2H3/t12-,13+;;12-;;;2*8-;;;;/m1.1..10..../s1. The number of carbonyl (C=O) groups excluding carboxylic acids is 4. The van der Waals surface area contributed by atoms with Crippen molar-refractivity contribution in [3.05, 3.63) is 0 Å². The highest BCUT2D eigenvalue weighted by molar-refractivity contribution is 5.81. The lowest BCUT2D eigenvalue weighted by Crippen LogP contribution is -2.59. The molecule has 0 aromatic heterocycles. The maximum absolute atomic E-state index is 11.8. The van der Waals surface area contributed by atoms with Gasteiger partial charge in [-0.05, 0) is 126 Å². The fraction of sp³-hybridized carbons (Fsp3) is 0.962. The zero-order chi connectivity index (χ0) is 103. The lowest BCUT2D eigenvalue weighted by molar-refractivity contribution is -0.140. The van der Waals surface area contributed by atoms with Crippen molar-refractivity contribution in [2.45, 2.75) is 302 Å². The van der Waals surface area contributed by atoms with E-state index < -0.39 is 0 Å². The van der Waals surface area contributed by atoms with Gasteiger partial charge in [0.25, 0.3) is 0 Å². The summed E-state index contributed by atoms with van der Waals surface area (Å²) in [5.41, 5.74) is 2.86. The van der Waals surface area contributed by atoms with Gasteiger partial charge in [-0.3, -0.25) is 48.6 Å². The lowest BCUT2D eigenvalue weighted by Gasteiger charge is -2.46. The minimum absolute atomic E-state index is 0.129. The summed E-state index contributed by atoms with van der Waals surface area (Å²) in [7, 11) is 12.7. The van der Waals surface area contributed by atoms with Gasteiger partial charge in [-0.1, -0.05) is 173 Å². The molecule has 0 unspecified atom stereocenters. The molecule has 0 aromatic rings. The highest BCUT2D eigenvalue weighted by Crippen LogP contribution is 2.28. The first-order chi connectivity index (χ1) is 60.4. The van der Waals surface area contributed by atoms with Crippen LogP contribution in [0.2, 0.25) is 0 Å². The van der Waals surface area contributed by atoms with E-state index in [1.807, 2.05) is 68.0 Å². The van der Waals surface area contributed by atoms with Crippen LogP contribution in [0.4, 0.5) is 0 Å². The summed E-state index contributed by atoms with van der Waals surface area (Å²) in [6, 6.07) is 1.80. The second-order valence-electron chi connectivity index (χ2n) is 50.0. The number of methoxy groups -OCH3 is 1. The molecule has 0 saturated carbocycles. The van der Waals surface area contributed by atoms with E-state index >= 15 is 0 Å². The number of aliphatic hydroxyl groups excluding tert-OH is 4. The van der Waals surface area contributed by atoms with Crippen LogP contribution >= 0.6 is 0 Å². The molecule has 8 aliphatic rings. The number of nitrogens with zero attached hydrogens (tertiary/aromatic N) is 13. The largest absolute Gasteiger partial charge is 0.396 e. The molecule has 28 nitrogen and oxygen atoms in total. The van der Waals surface area contributed by atoms with Gasteiger partial charge in [-0.15, -0.1) is 0 Å². The molecule has 8 rings (SSSR count). The molecule has 8 heterocycles. The van der Waals surface area contributed by atoms with Crippen LogP contribution < -0.4 is 10.6 Å². The Morgan fingerprint density at radius 2 is 0.780 bits per heavy atom. The number of ether oxygens (including phenoxy) is 5. The van der Waals surface area contributed by atoms with Gasteiger partial charge >= 0.3 is 0 Å². The molecule has 0 aliphatic carbocycles. The van der Waals surface area contributed by atoms with Crippen molar-refractivity contribution < 1.29 is 63.3 Å². The molecule has 4 amide bonds. The molecule has 132 heavy (non-hydrogen) atoms. The maximum Gasteiger partial charge on any atom is 0.236 e. The smallest absolute Gasteiger partial charge is 0.236 e. The highest BCUT2D eigenvalue weighted by atomic mass is 16.5. The van der Waals surface area contributed by atoms with Crippen molar-refractivity contribution in [2.24, 2.45) is 49.2 Å². The summed E-state index contributed by atoms with van der Waals surface area (Å²) >= 11 is 0. The molecule has 6 N–H and O–H groups in total. The van der Waals surface area contributed by atoms with Crippen molar-refractivity contribution in [3.8, 4) is 0 Å². The van der Waals surface area contributed by atoms with Crippen molar-refractivity contribution in [2.75, 3.05) is 305 Å². The van der Waals surface area contributed by atoms with Crippen LogP contribution in [-0.2, 0) is 42.9 Å². The summed E-state index contributed by atoms with van der Waals surface area (Å²) in [5, 5.41) is 41.6. The average Bonchev–Trinajstić information content (AvgIpc) is 0.823. The van der Waals surface area contributed by atoms with Gasteiger partial charge in [0.05, 0.1) is 97.8 Å². The number of hydrogen-bond acceptors (Lipinski definition) is 24. The first kappa shape index (κ1) is 133. The van der Waals surface area contributed by atoms with E-state index in [0.717, 1.165) is 196 Å². The molecular formula is C104H221N15O13.